The number of amides is 1. The molecule has 0 unspecified atom stereocenters. The van der Waals surface area contributed by atoms with Crippen molar-refractivity contribution in [2.24, 2.45) is 0 Å². The number of aromatic nitrogens is 6. The minimum Gasteiger partial charge on any atom is -0.460 e. The molecule has 16 heteroatoms. The summed E-state index contributed by atoms with van der Waals surface area (Å²) in [6, 6.07) is 5.71. The van der Waals surface area contributed by atoms with E-state index in [4.69, 9.17) is 13.8 Å². The fourth-order valence-electron chi connectivity index (χ4n) is 4.79. The van der Waals surface area contributed by atoms with Gasteiger partial charge in [-0.15, -0.1) is 22.7 Å². The monoisotopic (exact) mass is 691 g/mol. The number of hydrogen-bond donors (Lipinski definition) is 1. The molecule has 0 fully saturated rings. The number of thiazole rings is 2. The molecule has 0 aliphatic carbocycles. The molecule has 6 aromatic rings. The van der Waals surface area contributed by atoms with Gasteiger partial charge in [-0.25, -0.2) is 23.5 Å². The highest BCUT2D eigenvalue weighted by atomic mass is 32.1. The highest BCUT2D eigenvalue weighted by Crippen LogP contribution is 2.27. The van der Waals surface area contributed by atoms with Gasteiger partial charge in [0.05, 0.1) is 52.7 Å². The van der Waals surface area contributed by atoms with Crippen molar-refractivity contribution in [2.45, 2.75) is 39.5 Å². The molecule has 6 aromatic heterocycles. The zero-order valence-corrected chi connectivity index (χ0v) is 27.3. The van der Waals surface area contributed by atoms with Gasteiger partial charge >= 0.3 is 5.97 Å². The Bertz CT molecular complexity index is 1890. The molecule has 0 saturated carbocycles. The van der Waals surface area contributed by atoms with Gasteiger partial charge in [0.1, 0.15) is 50.9 Å². The number of hydrogen-bond acceptors (Lipinski definition) is 13. The van der Waals surface area contributed by atoms with Gasteiger partial charge in [0.25, 0.3) is 5.91 Å². The standard InChI is InChI=1S/C32H27F2N7O5S2/c1-17-21(29(40-45-17)23-7-3-19(33)13-36-23)5-9-27-38-15-25(47-27)31(42)35-11-12-44-32(43)26-16-39-28(48-26)10-6-22-18(2)46-41-30(22)24-8-4-20(34)14-37-24/h3-4,7-8,13-16H,5-6,9-12H2,1-2H3,(H,35,42). The van der Waals surface area contributed by atoms with E-state index in [9.17, 15) is 18.4 Å². The molecule has 246 valence electrons. The molecular weight excluding hydrogens is 665 g/mol. The van der Waals surface area contributed by atoms with Gasteiger partial charge in [0, 0.05) is 24.0 Å². The Hall–Kier alpha value is -5.22. The van der Waals surface area contributed by atoms with E-state index in [-0.39, 0.29) is 19.1 Å². The van der Waals surface area contributed by atoms with Crippen LogP contribution in [0.3, 0.4) is 0 Å². The van der Waals surface area contributed by atoms with Crippen LogP contribution in [-0.2, 0) is 30.4 Å². The lowest BCUT2D eigenvalue weighted by molar-refractivity contribution is 0.0508. The summed E-state index contributed by atoms with van der Waals surface area (Å²) in [5.74, 6) is -0.488. The van der Waals surface area contributed by atoms with Crippen molar-refractivity contribution in [1.82, 2.24) is 35.6 Å². The Morgan fingerprint density at radius 3 is 1.77 bits per heavy atom. The number of nitrogens with zero attached hydrogens (tertiary/aromatic N) is 6. The highest BCUT2D eigenvalue weighted by Gasteiger charge is 2.20. The quantitative estimate of drug-likeness (QED) is 0.116. The summed E-state index contributed by atoms with van der Waals surface area (Å²) < 4.78 is 42.6. The molecule has 0 saturated heterocycles. The molecular formula is C32H27F2N7O5S2. The average molecular weight is 692 g/mol. The van der Waals surface area contributed by atoms with Crippen molar-refractivity contribution in [3.63, 3.8) is 0 Å². The summed E-state index contributed by atoms with van der Waals surface area (Å²) in [5.41, 5.74) is 3.76. The maximum atomic E-state index is 13.3. The van der Waals surface area contributed by atoms with Crippen molar-refractivity contribution in [3.8, 4) is 22.8 Å². The minimum atomic E-state index is -0.537. The number of halogens is 2. The molecule has 1 amide bonds. The number of esters is 1. The topological polar surface area (TPSA) is 159 Å². The molecule has 1 N–H and O–H groups in total. The molecule has 48 heavy (non-hydrogen) atoms. The smallest absolute Gasteiger partial charge is 0.350 e. The Morgan fingerprint density at radius 2 is 1.25 bits per heavy atom. The molecule has 0 atom stereocenters. The number of carbonyl (C=O) groups excluding carboxylic acids is 2. The second-order valence-corrected chi connectivity index (χ2v) is 12.7. The minimum absolute atomic E-state index is 0.0235. The second-order valence-electron chi connectivity index (χ2n) is 10.5. The van der Waals surface area contributed by atoms with E-state index in [0.717, 1.165) is 33.5 Å². The van der Waals surface area contributed by atoms with Crippen molar-refractivity contribution < 1.29 is 32.2 Å². The molecule has 0 radical (unpaired) electrons. The molecule has 12 nitrogen and oxygen atoms in total. The number of pyridine rings is 2. The maximum absolute atomic E-state index is 13.3. The van der Waals surface area contributed by atoms with Crippen LogP contribution in [0.25, 0.3) is 22.8 Å². The summed E-state index contributed by atoms with van der Waals surface area (Å²) in [6.45, 7) is 3.68. The van der Waals surface area contributed by atoms with E-state index in [1.54, 1.807) is 26.0 Å². The number of carbonyl (C=O) groups is 2. The third kappa shape index (κ3) is 7.66. The second kappa shape index (κ2) is 14.7. The van der Waals surface area contributed by atoms with E-state index in [1.807, 2.05) is 0 Å². The summed E-state index contributed by atoms with van der Waals surface area (Å²) in [4.78, 5) is 42.9. The molecule has 6 heterocycles. The first kappa shape index (κ1) is 32.7. The number of aryl methyl sites for hydroxylation is 4. The maximum Gasteiger partial charge on any atom is 0.350 e. The van der Waals surface area contributed by atoms with Gasteiger partial charge in [-0.3, -0.25) is 14.8 Å². The average Bonchev–Trinajstić information content (AvgIpc) is 3.89. The first-order chi connectivity index (χ1) is 23.2. The van der Waals surface area contributed by atoms with Crippen molar-refractivity contribution in [3.05, 3.63) is 103 Å². The van der Waals surface area contributed by atoms with Gasteiger partial charge in [0.15, 0.2) is 0 Å². The van der Waals surface area contributed by atoms with Crippen LogP contribution in [0.2, 0.25) is 0 Å². The lowest BCUT2D eigenvalue weighted by Gasteiger charge is -2.04. The van der Waals surface area contributed by atoms with Crippen molar-refractivity contribution in [2.75, 3.05) is 13.2 Å². The zero-order chi connectivity index (χ0) is 33.6. The molecule has 0 aliphatic heterocycles. The molecule has 0 spiro atoms. The molecule has 0 bridgehead atoms. The third-order valence-electron chi connectivity index (χ3n) is 7.24. The third-order valence-corrected chi connectivity index (χ3v) is 9.33. The van der Waals surface area contributed by atoms with E-state index in [1.165, 1.54) is 47.2 Å². The van der Waals surface area contributed by atoms with Crippen LogP contribution in [0, 0.1) is 25.5 Å². The molecule has 0 aromatic carbocycles. The van der Waals surface area contributed by atoms with Crippen LogP contribution in [0.15, 0.2) is 58.1 Å². The van der Waals surface area contributed by atoms with Crippen LogP contribution in [-0.4, -0.2) is 55.3 Å². The Morgan fingerprint density at radius 1 is 0.729 bits per heavy atom. The summed E-state index contributed by atoms with van der Waals surface area (Å²) >= 11 is 2.48. The van der Waals surface area contributed by atoms with E-state index >= 15 is 0 Å². The zero-order valence-electron chi connectivity index (χ0n) is 25.7. The van der Waals surface area contributed by atoms with Crippen LogP contribution in [0.4, 0.5) is 8.78 Å². The van der Waals surface area contributed by atoms with Gasteiger partial charge < -0.3 is 19.1 Å². The normalized spacial score (nSPS) is 11.2. The first-order valence-electron chi connectivity index (χ1n) is 14.7. The first-order valence-corrected chi connectivity index (χ1v) is 16.4. The van der Waals surface area contributed by atoms with Crippen LogP contribution in [0.1, 0.15) is 52.0 Å². The fraction of sp³-hybridized carbons (Fsp3) is 0.250. The van der Waals surface area contributed by atoms with Crippen LogP contribution < -0.4 is 5.32 Å². The Kier molecular flexibility index (Phi) is 10.0. The SMILES string of the molecule is Cc1onc(-c2ccc(F)cn2)c1CCc1ncc(C(=O)NCCOC(=O)c2cnc(CCc3c(-c4ccc(F)cn4)noc3C)s2)s1. The van der Waals surface area contributed by atoms with Crippen LogP contribution in [0.5, 0.6) is 0 Å². The van der Waals surface area contributed by atoms with Crippen LogP contribution >= 0.6 is 22.7 Å². The van der Waals surface area contributed by atoms with Crippen molar-refractivity contribution in [1.29, 1.82) is 0 Å². The predicted molar refractivity (Wildman–Crippen MR) is 171 cm³/mol. The Balaban J connectivity index is 0.944. The Labute approximate surface area is 280 Å². The van der Waals surface area contributed by atoms with E-state index < -0.39 is 17.6 Å². The van der Waals surface area contributed by atoms with Gasteiger partial charge in [-0.1, -0.05) is 10.3 Å². The number of nitrogens with one attached hydrogen (secondary N) is 1. The van der Waals surface area contributed by atoms with Crippen molar-refractivity contribution >= 4 is 34.6 Å². The highest BCUT2D eigenvalue weighted by molar-refractivity contribution is 7.13. The summed E-state index contributed by atoms with van der Waals surface area (Å²) in [5, 5.41) is 12.3. The van der Waals surface area contributed by atoms with E-state index in [0.29, 0.717) is 69.7 Å². The lowest BCUT2D eigenvalue weighted by atomic mass is 10.1. The van der Waals surface area contributed by atoms with Gasteiger partial charge in [-0.2, -0.15) is 0 Å². The lowest BCUT2D eigenvalue weighted by Crippen LogP contribution is -2.27. The fourth-order valence-corrected chi connectivity index (χ4v) is 6.43. The number of rotatable bonds is 13. The summed E-state index contributed by atoms with van der Waals surface area (Å²) in [6.07, 6.45) is 7.35. The largest absolute Gasteiger partial charge is 0.460 e. The van der Waals surface area contributed by atoms with E-state index in [2.05, 4.69) is 35.6 Å². The summed E-state index contributed by atoms with van der Waals surface area (Å²) in [7, 11) is 0. The predicted octanol–water partition coefficient (Wildman–Crippen LogP) is 5.75. The number of ether oxygens (including phenoxy) is 1. The molecule has 6 rings (SSSR count). The molecule has 0 aliphatic rings. The van der Waals surface area contributed by atoms with Gasteiger partial charge in [0.2, 0.25) is 0 Å². The van der Waals surface area contributed by atoms with Gasteiger partial charge in [-0.05, 0) is 51.0 Å².